The Morgan fingerprint density at radius 3 is 2.86 bits per heavy atom. The molecule has 0 aliphatic rings. The van der Waals surface area contributed by atoms with E-state index in [0.29, 0.717) is 15.0 Å². The maximum atomic E-state index is 10.7. The van der Waals surface area contributed by atoms with E-state index in [4.69, 9.17) is 0 Å². The van der Waals surface area contributed by atoms with Crippen molar-refractivity contribution in [2.45, 2.75) is 4.90 Å². The molecule has 2 rings (SSSR count). The summed E-state index contributed by atoms with van der Waals surface area (Å²) in [5.41, 5.74) is -0.0452. The molecule has 2 aromatic rings. The van der Waals surface area contributed by atoms with Crippen LogP contribution in [0.15, 0.2) is 22.4 Å². The van der Waals surface area contributed by atoms with E-state index in [-0.39, 0.29) is 11.4 Å². The van der Waals surface area contributed by atoms with Crippen molar-refractivity contribution in [3.05, 3.63) is 27.6 Å². The molecule has 0 bridgehead atoms. The fraction of sp³-hybridized carbons (Fsp3) is 0. The van der Waals surface area contributed by atoms with E-state index in [0.717, 1.165) is 11.3 Å². The number of hydrogen-bond donors (Lipinski definition) is 2. The lowest BCUT2D eigenvalue weighted by Gasteiger charge is -1.97. The first kappa shape index (κ1) is 9.29. The van der Waals surface area contributed by atoms with Gasteiger partial charge in [0.05, 0.1) is 9.82 Å². The fourth-order valence-corrected chi connectivity index (χ4v) is 2.53. The van der Waals surface area contributed by atoms with Gasteiger partial charge in [-0.05, 0) is 12.1 Å². The quantitative estimate of drug-likeness (QED) is 0.447. The zero-order chi connectivity index (χ0) is 10.3. The normalized spacial score (nSPS) is 10.6. The highest BCUT2D eigenvalue weighted by Crippen LogP contribution is 2.40. The molecule has 0 atom stereocenters. The van der Waals surface area contributed by atoms with Crippen LogP contribution in [0.2, 0.25) is 0 Å². The second-order valence-electron chi connectivity index (χ2n) is 2.69. The molecule has 0 spiro atoms. The van der Waals surface area contributed by atoms with Crippen molar-refractivity contribution < 1.29 is 10.0 Å². The smallest absolute Gasteiger partial charge is 0.300 e. The number of thiophene rings is 1. The first-order valence-electron chi connectivity index (χ1n) is 3.68. The van der Waals surface area contributed by atoms with Gasteiger partial charge in [0.1, 0.15) is 10.4 Å². The minimum atomic E-state index is -0.486. The largest absolute Gasteiger partial charge is 0.506 e. The van der Waals surface area contributed by atoms with Crippen LogP contribution in [0.3, 0.4) is 0 Å². The molecule has 1 aromatic heterocycles. The molecule has 0 aliphatic heterocycles. The molecule has 1 N–H and O–H groups in total. The van der Waals surface area contributed by atoms with Gasteiger partial charge in [0.2, 0.25) is 0 Å². The molecule has 0 fully saturated rings. The van der Waals surface area contributed by atoms with Crippen molar-refractivity contribution in [1.82, 2.24) is 0 Å². The van der Waals surface area contributed by atoms with Crippen LogP contribution in [-0.4, -0.2) is 10.0 Å². The predicted octanol–water partition coefficient (Wildman–Crippen LogP) is 2.80. The van der Waals surface area contributed by atoms with E-state index >= 15 is 0 Å². The molecule has 0 saturated carbocycles. The van der Waals surface area contributed by atoms with Gasteiger partial charge >= 0.3 is 0 Å². The number of rotatable bonds is 1. The average Bonchev–Trinajstić information content (AvgIpc) is 2.47. The average molecular weight is 227 g/mol. The standard InChI is InChI=1S/C8H5NO3S2/c10-5-3-14-8-4(5)1-2-6(13)7(8)9(11)12/h1-3,10,13H. The molecule has 0 amide bonds. The summed E-state index contributed by atoms with van der Waals surface area (Å²) in [5, 5.41) is 22.1. The van der Waals surface area contributed by atoms with Crippen LogP contribution in [0.25, 0.3) is 10.1 Å². The summed E-state index contributed by atoms with van der Waals surface area (Å²) in [6.07, 6.45) is 0. The molecule has 14 heavy (non-hydrogen) atoms. The molecule has 6 heteroatoms. The lowest BCUT2D eigenvalue weighted by Crippen LogP contribution is -1.89. The topological polar surface area (TPSA) is 63.4 Å². The lowest BCUT2D eigenvalue weighted by atomic mass is 10.2. The van der Waals surface area contributed by atoms with Gasteiger partial charge in [-0.1, -0.05) is 0 Å². The van der Waals surface area contributed by atoms with Crippen LogP contribution < -0.4 is 0 Å². The van der Waals surface area contributed by atoms with E-state index in [1.54, 1.807) is 6.07 Å². The van der Waals surface area contributed by atoms with Crippen LogP contribution in [0.1, 0.15) is 0 Å². The summed E-state index contributed by atoms with van der Waals surface area (Å²) in [7, 11) is 0. The molecule has 1 heterocycles. The fourth-order valence-electron chi connectivity index (χ4n) is 1.24. The van der Waals surface area contributed by atoms with E-state index in [1.165, 1.54) is 11.4 Å². The second kappa shape index (κ2) is 3.14. The summed E-state index contributed by atoms with van der Waals surface area (Å²) in [6.45, 7) is 0. The molecular formula is C8H5NO3S2. The Kier molecular flexibility index (Phi) is 2.09. The van der Waals surface area contributed by atoms with Gasteiger partial charge in [-0.25, -0.2) is 0 Å². The van der Waals surface area contributed by atoms with Crippen molar-refractivity contribution in [3.63, 3.8) is 0 Å². The highest BCUT2D eigenvalue weighted by atomic mass is 32.1. The van der Waals surface area contributed by atoms with Gasteiger partial charge < -0.3 is 5.11 Å². The molecule has 0 unspecified atom stereocenters. The summed E-state index contributed by atoms with van der Waals surface area (Å²) in [6, 6.07) is 3.13. The summed E-state index contributed by atoms with van der Waals surface area (Å²) in [4.78, 5) is 10.6. The highest BCUT2D eigenvalue weighted by molar-refractivity contribution is 7.80. The van der Waals surface area contributed by atoms with E-state index in [1.807, 2.05) is 0 Å². The van der Waals surface area contributed by atoms with Gasteiger partial charge in [0.25, 0.3) is 5.69 Å². The van der Waals surface area contributed by atoms with E-state index in [2.05, 4.69) is 12.6 Å². The van der Waals surface area contributed by atoms with E-state index in [9.17, 15) is 15.2 Å². The number of nitro groups is 1. The Labute approximate surface area is 88.4 Å². The lowest BCUT2D eigenvalue weighted by molar-refractivity contribution is -0.385. The van der Waals surface area contributed by atoms with Gasteiger partial charge in [0, 0.05) is 10.8 Å². The van der Waals surface area contributed by atoms with Crippen molar-refractivity contribution in [1.29, 1.82) is 0 Å². The Morgan fingerprint density at radius 1 is 1.50 bits per heavy atom. The molecular weight excluding hydrogens is 222 g/mol. The minimum absolute atomic E-state index is 0.0452. The number of thiol groups is 1. The number of nitro benzene ring substituents is 1. The molecule has 0 aliphatic carbocycles. The van der Waals surface area contributed by atoms with Gasteiger partial charge in [-0.15, -0.1) is 24.0 Å². The summed E-state index contributed by atoms with van der Waals surface area (Å²) >= 11 is 5.15. The van der Waals surface area contributed by atoms with Crippen LogP contribution >= 0.6 is 24.0 Å². The van der Waals surface area contributed by atoms with Gasteiger partial charge in [0.15, 0.2) is 0 Å². The minimum Gasteiger partial charge on any atom is -0.506 e. The van der Waals surface area contributed by atoms with Gasteiger partial charge in [-0.3, -0.25) is 10.1 Å². The predicted molar refractivity (Wildman–Crippen MR) is 57.4 cm³/mol. The molecule has 72 valence electrons. The molecule has 4 nitrogen and oxygen atoms in total. The van der Waals surface area contributed by atoms with Crippen LogP contribution in [0.4, 0.5) is 5.69 Å². The third kappa shape index (κ3) is 1.23. The summed E-state index contributed by atoms with van der Waals surface area (Å²) in [5.74, 6) is 0.0708. The zero-order valence-corrected chi connectivity index (χ0v) is 8.51. The number of aromatic hydroxyl groups is 1. The summed E-state index contributed by atoms with van der Waals surface area (Å²) < 4.78 is 0.458. The highest BCUT2D eigenvalue weighted by Gasteiger charge is 2.19. The second-order valence-corrected chi connectivity index (χ2v) is 4.05. The van der Waals surface area contributed by atoms with Gasteiger partial charge in [-0.2, -0.15) is 0 Å². The molecule has 0 radical (unpaired) electrons. The van der Waals surface area contributed by atoms with Crippen molar-refractivity contribution in [2.24, 2.45) is 0 Å². The number of fused-ring (bicyclic) bond motifs is 1. The first-order chi connectivity index (χ1) is 6.61. The Bertz CT molecular complexity index is 521. The van der Waals surface area contributed by atoms with Crippen LogP contribution in [-0.2, 0) is 0 Å². The van der Waals surface area contributed by atoms with Crippen molar-refractivity contribution in [3.8, 4) is 5.75 Å². The Hall–Kier alpha value is -1.27. The Morgan fingerprint density at radius 2 is 2.21 bits per heavy atom. The maximum Gasteiger partial charge on any atom is 0.300 e. The first-order valence-corrected chi connectivity index (χ1v) is 5.00. The monoisotopic (exact) mass is 227 g/mol. The third-order valence-corrected chi connectivity index (χ3v) is 3.21. The van der Waals surface area contributed by atoms with Crippen LogP contribution in [0.5, 0.6) is 5.75 Å². The Balaban J connectivity index is 2.90. The zero-order valence-electron chi connectivity index (χ0n) is 6.80. The molecule has 1 aromatic carbocycles. The number of nitrogens with zero attached hydrogens (tertiary/aromatic N) is 1. The number of benzene rings is 1. The van der Waals surface area contributed by atoms with Crippen molar-refractivity contribution in [2.75, 3.05) is 0 Å². The third-order valence-electron chi connectivity index (χ3n) is 1.86. The van der Waals surface area contributed by atoms with E-state index < -0.39 is 4.92 Å². The SMILES string of the molecule is O=[N+]([O-])c1c(S)ccc2c(O)csc12. The number of hydrogen-bond acceptors (Lipinski definition) is 5. The van der Waals surface area contributed by atoms with Crippen LogP contribution in [0, 0.1) is 10.1 Å². The molecule has 0 saturated heterocycles. The van der Waals surface area contributed by atoms with Crippen molar-refractivity contribution >= 4 is 39.7 Å². The maximum absolute atomic E-state index is 10.7.